The maximum atomic E-state index is 6.95. The molecule has 1 nitrogen and oxygen atoms in total. The molecule has 3 aromatic rings. The summed E-state index contributed by atoms with van der Waals surface area (Å²) in [5.74, 6) is 0. The van der Waals surface area contributed by atoms with Crippen molar-refractivity contribution in [3.8, 4) is 0 Å². The zero-order valence-electron chi connectivity index (χ0n) is 15.1. The third-order valence-corrected chi connectivity index (χ3v) is 11.3. The molecule has 25 heavy (non-hydrogen) atoms. The van der Waals surface area contributed by atoms with Gasteiger partial charge >= 0.3 is 151 Å². The molecule has 0 saturated carbocycles. The molecule has 0 saturated heterocycles. The Morgan fingerprint density at radius 3 is 1.24 bits per heavy atom. The molecular weight excluding hydrogens is 323 g/mol. The standard InChI is InChI=1S/C23H27OP/c1-3-20-25(24-4-2,21-14-8-5-9-15-21,22-16-10-6-11-17-22)23-18-12-7-13-19-23/h5-19H,3-4,20H2,1-2H3. The molecule has 0 fully saturated rings. The predicted octanol–water partition coefficient (Wildman–Crippen LogP) is 4.88. The van der Waals surface area contributed by atoms with Crippen LogP contribution in [0.25, 0.3) is 0 Å². The maximum absolute atomic E-state index is 6.95. The molecule has 3 rings (SSSR count). The molecular formula is C23H27OP. The molecule has 0 aromatic heterocycles. The fraction of sp³-hybridized carbons (Fsp3) is 0.217. The first kappa shape index (κ1) is 17.9. The number of hydrogen-bond acceptors (Lipinski definition) is 1. The molecule has 0 spiro atoms. The van der Waals surface area contributed by atoms with Crippen molar-refractivity contribution in [2.24, 2.45) is 0 Å². The van der Waals surface area contributed by atoms with Gasteiger partial charge in [-0.25, -0.2) is 0 Å². The quantitative estimate of drug-likeness (QED) is 0.552. The summed E-state index contributed by atoms with van der Waals surface area (Å²) < 4.78 is 6.95. The van der Waals surface area contributed by atoms with Crippen molar-refractivity contribution in [1.82, 2.24) is 0 Å². The second-order valence-corrected chi connectivity index (χ2v) is 11.0. The molecule has 130 valence electrons. The summed E-state index contributed by atoms with van der Waals surface area (Å²) in [5, 5.41) is 3.94. The van der Waals surface area contributed by atoms with E-state index in [0.29, 0.717) is 6.61 Å². The SMILES string of the molecule is CCCP(OCC)(c1ccccc1)(c1ccccc1)c1ccccc1. The third-order valence-electron chi connectivity index (χ3n) is 4.97. The minimum atomic E-state index is -2.98. The van der Waals surface area contributed by atoms with Crippen molar-refractivity contribution in [2.45, 2.75) is 20.3 Å². The van der Waals surface area contributed by atoms with Crippen LogP contribution < -0.4 is 15.9 Å². The molecule has 0 atom stereocenters. The van der Waals surface area contributed by atoms with Crippen LogP contribution in [-0.4, -0.2) is 12.8 Å². The summed E-state index contributed by atoms with van der Waals surface area (Å²) in [6, 6.07) is 32.6. The van der Waals surface area contributed by atoms with Gasteiger partial charge in [0.05, 0.1) is 0 Å². The van der Waals surface area contributed by atoms with E-state index < -0.39 is 6.83 Å². The molecule has 0 aliphatic rings. The van der Waals surface area contributed by atoms with E-state index in [-0.39, 0.29) is 0 Å². The van der Waals surface area contributed by atoms with E-state index in [2.05, 4.69) is 105 Å². The van der Waals surface area contributed by atoms with Crippen molar-refractivity contribution in [3.63, 3.8) is 0 Å². The van der Waals surface area contributed by atoms with E-state index in [1.807, 2.05) is 0 Å². The zero-order chi connectivity index (χ0) is 17.6. The van der Waals surface area contributed by atoms with Crippen molar-refractivity contribution < 1.29 is 4.52 Å². The van der Waals surface area contributed by atoms with Crippen molar-refractivity contribution in [2.75, 3.05) is 12.8 Å². The average molecular weight is 350 g/mol. The van der Waals surface area contributed by atoms with E-state index in [0.717, 1.165) is 12.6 Å². The molecule has 0 radical (unpaired) electrons. The summed E-state index contributed by atoms with van der Waals surface area (Å²) in [7, 11) is 0. The Labute approximate surface area is 151 Å². The van der Waals surface area contributed by atoms with E-state index in [1.165, 1.54) is 15.9 Å². The molecule has 2 heteroatoms. The van der Waals surface area contributed by atoms with Crippen LogP contribution in [0.5, 0.6) is 0 Å². The monoisotopic (exact) mass is 350 g/mol. The van der Waals surface area contributed by atoms with Crippen LogP contribution in [0.3, 0.4) is 0 Å². The fourth-order valence-corrected chi connectivity index (χ4v) is 10.1. The number of rotatable bonds is 7. The van der Waals surface area contributed by atoms with Crippen LogP contribution in [0.15, 0.2) is 91.0 Å². The van der Waals surface area contributed by atoms with E-state index in [9.17, 15) is 0 Å². The third kappa shape index (κ3) is 2.82. The summed E-state index contributed by atoms with van der Waals surface area (Å²) >= 11 is 0. The minimum absolute atomic E-state index is 0.691. The number of benzene rings is 3. The van der Waals surface area contributed by atoms with Crippen molar-refractivity contribution >= 4 is 22.7 Å². The van der Waals surface area contributed by atoms with Gasteiger partial charge in [-0.2, -0.15) is 0 Å². The fourth-order valence-electron chi connectivity index (χ4n) is 4.06. The van der Waals surface area contributed by atoms with Crippen LogP contribution in [0, 0.1) is 0 Å². The average Bonchev–Trinajstić information content (AvgIpc) is 2.70. The van der Waals surface area contributed by atoms with Crippen molar-refractivity contribution in [3.05, 3.63) is 91.0 Å². The Balaban J connectivity index is 2.47. The van der Waals surface area contributed by atoms with E-state index >= 15 is 0 Å². The van der Waals surface area contributed by atoms with Crippen LogP contribution in [0.2, 0.25) is 0 Å². The van der Waals surface area contributed by atoms with Gasteiger partial charge in [-0.15, -0.1) is 0 Å². The molecule has 0 unspecified atom stereocenters. The first-order valence-corrected chi connectivity index (χ1v) is 11.4. The van der Waals surface area contributed by atoms with Gasteiger partial charge in [-0.3, -0.25) is 0 Å². The molecule has 0 heterocycles. The molecule has 0 bridgehead atoms. The number of hydrogen-bond donors (Lipinski definition) is 0. The molecule has 0 aliphatic heterocycles. The topological polar surface area (TPSA) is 9.23 Å². The molecule has 0 amide bonds. The Morgan fingerprint density at radius 1 is 0.600 bits per heavy atom. The normalized spacial score (nSPS) is 13.1. The second-order valence-electron chi connectivity index (χ2n) is 6.36. The van der Waals surface area contributed by atoms with E-state index in [4.69, 9.17) is 4.52 Å². The van der Waals surface area contributed by atoms with Crippen LogP contribution in [0.4, 0.5) is 0 Å². The van der Waals surface area contributed by atoms with Gasteiger partial charge in [0.25, 0.3) is 0 Å². The summed E-state index contributed by atoms with van der Waals surface area (Å²) in [6.07, 6.45) is 2.08. The molecule has 3 aromatic carbocycles. The Hall–Kier alpha value is -1.95. The van der Waals surface area contributed by atoms with Crippen LogP contribution in [-0.2, 0) is 4.52 Å². The van der Waals surface area contributed by atoms with Gasteiger partial charge < -0.3 is 0 Å². The molecule has 0 aliphatic carbocycles. The van der Waals surface area contributed by atoms with Gasteiger partial charge in [0.1, 0.15) is 0 Å². The van der Waals surface area contributed by atoms with Crippen LogP contribution in [0.1, 0.15) is 20.3 Å². The van der Waals surface area contributed by atoms with Gasteiger partial charge in [0.15, 0.2) is 0 Å². The predicted molar refractivity (Wildman–Crippen MR) is 112 cm³/mol. The van der Waals surface area contributed by atoms with Gasteiger partial charge in [0.2, 0.25) is 0 Å². The summed E-state index contributed by atoms with van der Waals surface area (Å²) in [4.78, 5) is 0. The molecule has 0 N–H and O–H groups in total. The first-order chi connectivity index (χ1) is 12.3. The zero-order valence-corrected chi connectivity index (χ0v) is 16.0. The van der Waals surface area contributed by atoms with Crippen LogP contribution >= 0.6 is 6.83 Å². The second kappa shape index (κ2) is 7.52. The van der Waals surface area contributed by atoms with Gasteiger partial charge in [0, 0.05) is 0 Å². The first-order valence-electron chi connectivity index (χ1n) is 9.10. The van der Waals surface area contributed by atoms with Gasteiger partial charge in [-0.1, -0.05) is 0 Å². The summed E-state index contributed by atoms with van der Waals surface area (Å²) in [6.45, 7) is 2.08. The van der Waals surface area contributed by atoms with Crippen molar-refractivity contribution in [1.29, 1.82) is 0 Å². The van der Waals surface area contributed by atoms with Gasteiger partial charge in [-0.05, 0) is 0 Å². The Kier molecular flexibility index (Phi) is 5.37. The Bertz CT molecular complexity index is 675. The summed E-state index contributed by atoms with van der Waals surface area (Å²) in [5.41, 5.74) is 0. The Morgan fingerprint density at radius 2 is 0.960 bits per heavy atom. The van der Waals surface area contributed by atoms with E-state index in [1.54, 1.807) is 0 Å².